The molecule has 0 aliphatic carbocycles. The third-order valence-electron chi connectivity index (χ3n) is 5.29. The quantitative estimate of drug-likeness (QED) is 0.321. The molecule has 1 atom stereocenters. The van der Waals surface area contributed by atoms with Gasteiger partial charge in [0.2, 0.25) is 0 Å². The van der Waals surface area contributed by atoms with Crippen LogP contribution in [0.4, 0.5) is 4.79 Å². The number of nitrogens with one attached hydrogen (secondary N) is 1. The molecule has 194 valence electrons. The number of hydrogen-bond donors (Lipinski definition) is 1. The van der Waals surface area contributed by atoms with Crippen LogP contribution >= 0.6 is 0 Å². The highest BCUT2D eigenvalue weighted by Crippen LogP contribution is 2.17. The van der Waals surface area contributed by atoms with Crippen LogP contribution in [0.25, 0.3) is 0 Å². The maximum Gasteiger partial charge on any atom is 0.408 e. The molecule has 9 nitrogen and oxygen atoms in total. The number of benzene rings is 1. The SMILES string of the molecule is CCCCCCCCOc1ccc(C[C@@H](NC(=O)OC(C)(C)C)C(=O)ON2C(=O)CCC2=O)cc1. The Morgan fingerprint density at radius 3 is 2.17 bits per heavy atom. The molecule has 1 fully saturated rings. The molecule has 1 N–H and O–H groups in total. The Kier molecular flexibility index (Phi) is 11.0. The fourth-order valence-corrected chi connectivity index (χ4v) is 3.48. The van der Waals surface area contributed by atoms with Gasteiger partial charge in [-0.2, -0.15) is 0 Å². The smallest absolute Gasteiger partial charge is 0.408 e. The normalized spacial score (nSPS) is 14.6. The summed E-state index contributed by atoms with van der Waals surface area (Å²) in [7, 11) is 0. The van der Waals surface area contributed by atoms with Crippen LogP contribution in [-0.2, 0) is 30.4 Å². The van der Waals surface area contributed by atoms with E-state index < -0.39 is 35.5 Å². The summed E-state index contributed by atoms with van der Waals surface area (Å²) in [6.45, 7) is 7.93. The lowest BCUT2D eigenvalue weighted by Gasteiger charge is -2.24. The van der Waals surface area contributed by atoms with Gasteiger partial charge in [0.15, 0.2) is 0 Å². The predicted molar refractivity (Wildman–Crippen MR) is 129 cm³/mol. The molecule has 3 amide bonds. The number of carbonyl (C=O) groups is 4. The molecule has 0 spiro atoms. The van der Waals surface area contributed by atoms with Crippen molar-refractivity contribution in [1.29, 1.82) is 0 Å². The van der Waals surface area contributed by atoms with Gasteiger partial charge in [0, 0.05) is 19.3 Å². The summed E-state index contributed by atoms with van der Waals surface area (Å²) >= 11 is 0. The Balaban J connectivity index is 1.96. The van der Waals surface area contributed by atoms with E-state index in [-0.39, 0.29) is 19.3 Å². The number of alkyl carbamates (subject to hydrolysis) is 1. The zero-order valence-corrected chi connectivity index (χ0v) is 21.3. The van der Waals surface area contributed by atoms with Crippen molar-refractivity contribution < 1.29 is 33.5 Å². The molecule has 0 unspecified atom stereocenters. The fraction of sp³-hybridized carbons (Fsp3) is 0.615. The first-order valence-electron chi connectivity index (χ1n) is 12.4. The average molecular weight is 491 g/mol. The molecule has 1 aliphatic heterocycles. The van der Waals surface area contributed by atoms with Gasteiger partial charge < -0.3 is 19.6 Å². The van der Waals surface area contributed by atoms with E-state index in [1.807, 2.05) is 0 Å². The number of nitrogens with zero attached hydrogens (tertiary/aromatic N) is 1. The van der Waals surface area contributed by atoms with E-state index in [0.29, 0.717) is 11.7 Å². The summed E-state index contributed by atoms with van der Waals surface area (Å²) < 4.78 is 11.0. The lowest BCUT2D eigenvalue weighted by Crippen LogP contribution is -2.48. The van der Waals surface area contributed by atoms with Crippen molar-refractivity contribution in [2.75, 3.05) is 6.61 Å². The van der Waals surface area contributed by atoms with E-state index in [0.717, 1.165) is 24.2 Å². The van der Waals surface area contributed by atoms with Crippen molar-refractivity contribution in [2.24, 2.45) is 0 Å². The minimum atomic E-state index is -1.17. The van der Waals surface area contributed by atoms with Crippen LogP contribution in [0.2, 0.25) is 0 Å². The fourth-order valence-electron chi connectivity index (χ4n) is 3.48. The van der Waals surface area contributed by atoms with Crippen molar-refractivity contribution in [3.05, 3.63) is 29.8 Å². The summed E-state index contributed by atoms with van der Waals surface area (Å²) in [5.41, 5.74) is -0.0389. The highest BCUT2D eigenvalue weighted by atomic mass is 16.7. The standard InChI is InChI=1S/C26H38N2O7/c1-5-6-7-8-9-10-17-33-20-13-11-19(12-14-20)18-21(27-25(32)34-26(2,3)4)24(31)35-28-22(29)15-16-23(28)30/h11-14,21H,5-10,15-18H2,1-4H3,(H,27,32)/t21-/m1/s1. The molecule has 1 heterocycles. The molecule has 0 aromatic heterocycles. The van der Waals surface area contributed by atoms with Crippen molar-refractivity contribution in [3.63, 3.8) is 0 Å². The molecule has 9 heteroatoms. The van der Waals surface area contributed by atoms with Gasteiger partial charge in [0.25, 0.3) is 11.8 Å². The maximum atomic E-state index is 12.8. The first-order valence-corrected chi connectivity index (χ1v) is 12.4. The van der Waals surface area contributed by atoms with Crippen molar-refractivity contribution in [3.8, 4) is 5.75 Å². The van der Waals surface area contributed by atoms with Gasteiger partial charge >= 0.3 is 12.1 Å². The van der Waals surface area contributed by atoms with Crippen LogP contribution in [0.3, 0.4) is 0 Å². The van der Waals surface area contributed by atoms with Gasteiger partial charge in [0.1, 0.15) is 17.4 Å². The Hall–Kier alpha value is -3.10. The van der Waals surface area contributed by atoms with Crippen molar-refractivity contribution in [1.82, 2.24) is 10.4 Å². The molecule has 2 rings (SSSR count). The Morgan fingerprint density at radius 1 is 0.971 bits per heavy atom. The molecule has 0 bridgehead atoms. The first kappa shape index (κ1) is 28.1. The van der Waals surface area contributed by atoms with E-state index in [4.69, 9.17) is 14.3 Å². The number of carbonyl (C=O) groups excluding carboxylic acids is 4. The average Bonchev–Trinajstić information content (AvgIpc) is 3.10. The van der Waals surface area contributed by atoms with E-state index in [2.05, 4.69) is 12.2 Å². The third kappa shape index (κ3) is 10.4. The summed E-state index contributed by atoms with van der Waals surface area (Å²) in [4.78, 5) is 53.7. The largest absolute Gasteiger partial charge is 0.494 e. The zero-order valence-electron chi connectivity index (χ0n) is 21.3. The number of hydroxylamine groups is 2. The number of imide groups is 1. The van der Waals surface area contributed by atoms with Crippen LogP contribution in [0.1, 0.15) is 84.6 Å². The zero-order chi connectivity index (χ0) is 25.8. The highest BCUT2D eigenvalue weighted by molar-refractivity contribution is 6.01. The highest BCUT2D eigenvalue weighted by Gasteiger charge is 2.36. The van der Waals surface area contributed by atoms with E-state index in [1.54, 1.807) is 45.0 Å². The summed E-state index contributed by atoms with van der Waals surface area (Å²) in [6, 6.07) is 6.02. The first-order chi connectivity index (χ1) is 16.6. The van der Waals surface area contributed by atoms with Crippen molar-refractivity contribution in [2.45, 2.75) is 97.1 Å². The second-order valence-electron chi connectivity index (χ2n) is 9.66. The third-order valence-corrected chi connectivity index (χ3v) is 5.29. The molecular formula is C26H38N2O7. The Labute approximate surface area is 207 Å². The molecule has 1 saturated heterocycles. The minimum absolute atomic E-state index is 0.0174. The molecule has 0 saturated carbocycles. The summed E-state index contributed by atoms with van der Waals surface area (Å²) in [6.07, 6.45) is 6.33. The number of ether oxygens (including phenoxy) is 2. The van der Waals surface area contributed by atoms with Crippen LogP contribution < -0.4 is 10.1 Å². The van der Waals surface area contributed by atoms with Gasteiger partial charge in [-0.3, -0.25) is 9.59 Å². The second-order valence-corrected chi connectivity index (χ2v) is 9.66. The van der Waals surface area contributed by atoms with E-state index >= 15 is 0 Å². The van der Waals surface area contributed by atoms with E-state index in [9.17, 15) is 19.2 Å². The van der Waals surface area contributed by atoms with Crippen LogP contribution in [0.15, 0.2) is 24.3 Å². The van der Waals surface area contributed by atoms with Crippen LogP contribution in [0, 0.1) is 0 Å². The maximum absolute atomic E-state index is 12.8. The molecular weight excluding hydrogens is 452 g/mol. The number of unbranched alkanes of at least 4 members (excludes halogenated alkanes) is 5. The molecule has 1 aliphatic rings. The predicted octanol–water partition coefficient (Wildman–Crippen LogP) is 4.47. The summed E-state index contributed by atoms with van der Waals surface area (Å²) in [5.74, 6) is -1.39. The van der Waals surface area contributed by atoms with Crippen molar-refractivity contribution >= 4 is 23.9 Å². The van der Waals surface area contributed by atoms with Gasteiger partial charge in [-0.25, -0.2) is 9.59 Å². The Morgan fingerprint density at radius 2 is 1.57 bits per heavy atom. The van der Waals surface area contributed by atoms with Crippen LogP contribution in [-0.4, -0.2) is 47.2 Å². The van der Waals surface area contributed by atoms with Gasteiger partial charge in [-0.05, 0) is 44.9 Å². The van der Waals surface area contributed by atoms with Gasteiger partial charge in [-0.1, -0.05) is 51.2 Å². The lowest BCUT2D eigenvalue weighted by atomic mass is 10.1. The lowest BCUT2D eigenvalue weighted by molar-refractivity contribution is -0.198. The van der Waals surface area contributed by atoms with Crippen LogP contribution in [0.5, 0.6) is 5.75 Å². The molecule has 35 heavy (non-hydrogen) atoms. The molecule has 0 radical (unpaired) electrons. The number of amides is 3. The molecule has 1 aromatic rings. The minimum Gasteiger partial charge on any atom is -0.494 e. The van der Waals surface area contributed by atoms with E-state index in [1.165, 1.54) is 25.7 Å². The number of hydrogen-bond acceptors (Lipinski definition) is 7. The van der Waals surface area contributed by atoms with Gasteiger partial charge in [0.05, 0.1) is 6.61 Å². The monoisotopic (exact) mass is 490 g/mol. The second kappa shape index (κ2) is 13.7. The van der Waals surface area contributed by atoms with Gasteiger partial charge in [-0.15, -0.1) is 5.06 Å². The molecule has 1 aromatic carbocycles. The topological polar surface area (TPSA) is 111 Å². The number of rotatable bonds is 13. The Bertz CT molecular complexity index is 845. The summed E-state index contributed by atoms with van der Waals surface area (Å²) in [5, 5.41) is 2.95.